The fourth-order valence-corrected chi connectivity index (χ4v) is 2.51. The lowest BCUT2D eigenvalue weighted by Gasteiger charge is -2.21. The molecule has 0 spiro atoms. The highest BCUT2D eigenvalue weighted by atomic mass is 16.5. The number of nitrogens with one attached hydrogen (secondary N) is 1. The van der Waals surface area contributed by atoms with E-state index < -0.39 is 11.6 Å². The zero-order chi connectivity index (χ0) is 18.6. The minimum atomic E-state index is -1.26. The molecule has 0 aliphatic heterocycles. The SMILES string of the molecule is CC(C)(Oc1cccc(CNCCc2nc3ccccc3o2)c1)C(=O)O. The number of carbonyl (C=O) groups is 1. The number of oxazole rings is 1. The summed E-state index contributed by atoms with van der Waals surface area (Å²) in [5, 5.41) is 12.5. The highest BCUT2D eigenvalue weighted by Crippen LogP contribution is 2.20. The second kappa shape index (κ2) is 7.58. The van der Waals surface area contributed by atoms with Crippen molar-refractivity contribution < 1.29 is 19.1 Å². The van der Waals surface area contributed by atoms with Gasteiger partial charge in [-0.1, -0.05) is 24.3 Å². The number of carboxylic acid groups (broad SMARTS) is 1. The molecule has 0 radical (unpaired) electrons. The predicted octanol–water partition coefficient (Wildman–Crippen LogP) is 3.40. The zero-order valence-corrected chi connectivity index (χ0v) is 14.9. The van der Waals surface area contributed by atoms with Crippen LogP contribution in [-0.4, -0.2) is 28.2 Å². The number of nitrogens with zero attached hydrogens (tertiary/aromatic N) is 1. The van der Waals surface area contributed by atoms with Crippen molar-refractivity contribution in [2.24, 2.45) is 0 Å². The summed E-state index contributed by atoms with van der Waals surface area (Å²) in [7, 11) is 0. The van der Waals surface area contributed by atoms with Crippen LogP contribution in [0, 0.1) is 0 Å². The molecule has 136 valence electrons. The molecule has 0 fully saturated rings. The number of para-hydroxylation sites is 2. The van der Waals surface area contributed by atoms with Gasteiger partial charge in [0, 0.05) is 19.5 Å². The van der Waals surface area contributed by atoms with Gasteiger partial charge in [0.25, 0.3) is 0 Å². The van der Waals surface area contributed by atoms with Crippen molar-refractivity contribution in [3.05, 3.63) is 60.0 Å². The van der Waals surface area contributed by atoms with Gasteiger partial charge in [0.05, 0.1) is 0 Å². The third kappa shape index (κ3) is 4.40. The van der Waals surface area contributed by atoms with E-state index >= 15 is 0 Å². The summed E-state index contributed by atoms with van der Waals surface area (Å²) < 4.78 is 11.3. The summed E-state index contributed by atoms with van der Waals surface area (Å²) in [6.45, 7) is 4.42. The van der Waals surface area contributed by atoms with E-state index in [2.05, 4.69) is 10.3 Å². The number of ether oxygens (including phenoxy) is 1. The van der Waals surface area contributed by atoms with Crippen LogP contribution in [0.15, 0.2) is 52.9 Å². The molecule has 3 aromatic rings. The summed E-state index contributed by atoms with van der Waals surface area (Å²) in [4.78, 5) is 15.6. The van der Waals surface area contributed by atoms with Gasteiger partial charge in [0.1, 0.15) is 11.3 Å². The third-order valence-electron chi connectivity index (χ3n) is 3.97. The Morgan fingerprint density at radius 3 is 2.81 bits per heavy atom. The van der Waals surface area contributed by atoms with Gasteiger partial charge in [-0.3, -0.25) is 0 Å². The van der Waals surface area contributed by atoms with Gasteiger partial charge < -0.3 is 19.6 Å². The maximum Gasteiger partial charge on any atom is 0.347 e. The molecule has 1 heterocycles. The number of rotatable bonds is 8. The number of aliphatic carboxylic acids is 1. The van der Waals surface area contributed by atoms with Crippen LogP contribution in [0.2, 0.25) is 0 Å². The standard InChI is InChI=1S/C20H22N2O4/c1-20(2,19(23)24)26-15-7-5-6-14(12-15)13-21-11-10-18-22-16-8-3-4-9-17(16)25-18/h3-9,12,21H,10-11,13H2,1-2H3,(H,23,24). The van der Waals surface area contributed by atoms with E-state index in [0.717, 1.165) is 23.2 Å². The van der Waals surface area contributed by atoms with Gasteiger partial charge in [-0.15, -0.1) is 0 Å². The van der Waals surface area contributed by atoms with Crippen molar-refractivity contribution in [3.8, 4) is 5.75 Å². The van der Waals surface area contributed by atoms with Gasteiger partial charge in [-0.2, -0.15) is 0 Å². The fraction of sp³-hybridized carbons (Fsp3) is 0.300. The smallest absolute Gasteiger partial charge is 0.347 e. The second-order valence-corrected chi connectivity index (χ2v) is 6.57. The van der Waals surface area contributed by atoms with Crippen molar-refractivity contribution >= 4 is 17.1 Å². The normalized spacial score (nSPS) is 11.6. The molecule has 6 nitrogen and oxygen atoms in total. The number of aromatic nitrogens is 1. The van der Waals surface area contributed by atoms with E-state index in [1.807, 2.05) is 42.5 Å². The molecular weight excluding hydrogens is 332 g/mol. The number of fused-ring (bicyclic) bond motifs is 1. The van der Waals surface area contributed by atoms with Crippen LogP contribution >= 0.6 is 0 Å². The van der Waals surface area contributed by atoms with Gasteiger partial charge >= 0.3 is 5.97 Å². The summed E-state index contributed by atoms with van der Waals surface area (Å²) in [6.07, 6.45) is 0.691. The van der Waals surface area contributed by atoms with Crippen LogP contribution in [0.5, 0.6) is 5.75 Å². The number of benzene rings is 2. The van der Waals surface area contributed by atoms with E-state index in [1.165, 1.54) is 13.8 Å². The van der Waals surface area contributed by atoms with Crippen LogP contribution in [0.4, 0.5) is 0 Å². The molecule has 2 aromatic carbocycles. The Morgan fingerprint density at radius 2 is 2.04 bits per heavy atom. The Balaban J connectivity index is 1.51. The van der Waals surface area contributed by atoms with Crippen LogP contribution in [0.3, 0.4) is 0 Å². The first-order chi connectivity index (χ1) is 12.4. The lowest BCUT2D eigenvalue weighted by Crippen LogP contribution is -2.37. The third-order valence-corrected chi connectivity index (χ3v) is 3.97. The molecule has 6 heteroatoms. The zero-order valence-electron chi connectivity index (χ0n) is 14.9. The summed E-state index contributed by atoms with van der Waals surface area (Å²) in [5.74, 6) is 0.244. The second-order valence-electron chi connectivity index (χ2n) is 6.57. The summed E-state index contributed by atoms with van der Waals surface area (Å²) in [6, 6.07) is 15.1. The first-order valence-corrected chi connectivity index (χ1v) is 8.50. The summed E-state index contributed by atoms with van der Waals surface area (Å²) >= 11 is 0. The maximum atomic E-state index is 11.2. The maximum absolute atomic E-state index is 11.2. The van der Waals surface area contributed by atoms with Crippen LogP contribution in [0.1, 0.15) is 25.3 Å². The number of hydrogen-bond acceptors (Lipinski definition) is 5. The quantitative estimate of drug-likeness (QED) is 0.603. The van der Waals surface area contributed by atoms with Crippen molar-refractivity contribution in [2.75, 3.05) is 6.54 Å². The van der Waals surface area contributed by atoms with E-state index in [0.29, 0.717) is 24.6 Å². The molecule has 0 amide bonds. The Bertz CT molecular complexity index is 868. The molecule has 0 aliphatic rings. The largest absolute Gasteiger partial charge is 0.478 e. The van der Waals surface area contributed by atoms with Gasteiger partial charge in [0.2, 0.25) is 0 Å². The van der Waals surface area contributed by atoms with Crippen molar-refractivity contribution in [2.45, 2.75) is 32.4 Å². The van der Waals surface area contributed by atoms with Crippen LogP contribution in [0.25, 0.3) is 11.1 Å². The lowest BCUT2D eigenvalue weighted by atomic mass is 10.1. The predicted molar refractivity (Wildman–Crippen MR) is 98.2 cm³/mol. The van der Waals surface area contributed by atoms with E-state index in [-0.39, 0.29) is 0 Å². The minimum absolute atomic E-state index is 0.538. The van der Waals surface area contributed by atoms with Crippen molar-refractivity contribution in [1.29, 1.82) is 0 Å². The average molecular weight is 354 g/mol. The molecule has 1 aromatic heterocycles. The number of carboxylic acids is 1. The van der Waals surface area contributed by atoms with E-state index in [1.54, 1.807) is 6.07 Å². The lowest BCUT2D eigenvalue weighted by molar-refractivity contribution is -0.152. The van der Waals surface area contributed by atoms with Crippen molar-refractivity contribution in [1.82, 2.24) is 10.3 Å². The van der Waals surface area contributed by atoms with Gasteiger partial charge in [0.15, 0.2) is 17.1 Å². The topological polar surface area (TPSA) is 84.6 Å². The Labute approximate surface area is 151 Å². The Hall–Kier alpha value is -2.86. The van der Waals surface area contributed by atoms with Crippen LogP contribution < -0.4 is 10.1 Å². The molecule has 2 N–H and O–H groups in total. The van der Waals surface area contributed by atoms with Crippen molar-refractivity contribution in [3.63, 3.8) is 0 Å². The molecule has 0 atom stereocenters. The molecule has 0 unspecified atom stereocenters. The van der Waals surface area contributed by atoms with E-state index in [9.17, 15) is 4.79 Å². The van der Waals surface area contributed by atoms with Gasteiger partial charge in [-0.05, 0) is 43.7 Å². The average Bonchev–Trinajstić information content (AvgIpc) is 3.01. The first kappa shape index (κ1) is 17.9. The van der Waals surface area contributed by atoms with E-state index in [4.69, 9.17) is 14.3 Å². The molecule has 0 saturated carbocycles. The Kier molecular flexibility index (Phi) is 5.23. The molecule has 26 heavy (non-hydrogen) atoms. The Morgan fingerprint density at radius 1 is 1.23 bits per heavy atom. The molecule has 0 aliphatic carbocycles. The monoisotopic (exact) mass is 354 g/mol. The molecule has 3 rings (SSSR count). The molecule has 0 saturated heterocycles. The highest BCUT2D eigenvalue weighted by Gasteiger charge is 2.29. The fourth-order valence-electron chi connectivity index (χ4n) is 2.51. The highest BCUT2D eigenvalue weighted by molar-refractivity contribution is 5.76. The summed E-state index contributed by atoms with van der Waals surface area (Å²) in [5.41, 5.74) is 1.42. The van der Waals surface area contributed by atoms with Crippen LogP contribution in [-0.2, 0) is 17.8 Å². The minimum Gasteiger partial charge on any atom is -0.478 e. The number of hydrogen-bond donors (Lipinski definition) is 2. The molecule has 0 bridgehead atoms. The molecular formula is C20H22N2O4. The first-order valence-electron chi connectivity index (χ1n) is 8.50. The van der Waals surface area contributed by atoms with Gasteiger partial charge in [-0.25, -0.2) is 9.78 Å².